The van der Waals surface area contributed by atoms with Crippen molar-refractivity contribution in [2.45, 2.75) is 207 Å². The number of rotatable bonds is 41. The summed E-state index contributed by atoms with van der Waals surface area (Å²) in [6, 6.07) is 0. The molecular formula is C53H86O6. The Morgan fingerprint density at radius 2 is 0.678 bits per heavy atom. The molecule has 0 bridgehead atoms. The predicted molar refractivity (Wildman–Crippen MR) is 251 cm³/mol. The van der Waals surface area contributed by atoms with Crippen LogP contribution in [0.1, 0.15) is 201 Å². The Morgan fingerprint density at radius 3 is 1.14 bits per heavy atom. The lowest BCUT2D eigenvalue weighted by atomic mass is 10.1. The summed E-state index contributed by atoms with van der Waals surface area (Å²) in [5.74, 6) is -1.02. The Hall–Kier alpha value is -3.67. The van der Waals surface area contributed by atoms with Crippen molar-refractivity contribution in [1.82, 2.24) is 0 Å². The molecule has 0 aliphatic rings. The smallest absolute Gasteiger partial charge is 0.306 e. The number of carbonyl (C=O) groups excluding carboxylic acids is 3. The number of esters is 3. The maximum absolute atomic E-state index is 12.7. The van der Waals surface area contributed by atoms with Crippen molar-refractivity contribution < 1.29 is 28.6 Å². The van der Waals surface area contributed by atoms with Gasteiger partial charge >= 0.3 is 17.9 Å². The van der Waals surface area contributed by atoms with Crippen LogP contribution in [-0.4, -0.2) is 37.2 Å². The van der Waals surface area contributed by atoms with Crippen LogP contribution in [0, 0.1) is 0 Å². The van der Waals surface area contributed by atoms with Crippen LogP contribution in [0.3, 0.4) is 0 Å². The molecule has 0 aliphatic heterocycles. The lowest BCUT2D eigenvalue weighted by Gasteiger charge is -2.18. The molecule has 6 heteroatoms. The minimum absolute atomic E-state index is 0.111. The summed E-state index contributed by atoms with van der Waals surface area (Å²) >= 11 is 0. The van der Waals surface area contributed by atoms with E-state index >= 15 is 0 Å². The van der Waals surface area contributed by atoms with Gasteiger partial charge in [0.25, 0.3) is 0 Å². The largest absolute Gasteiger partial charge is 0.462 e. The standard InChI is InChI=1S/C53H86O6/c1-4-7-10-13-16-19-21-23-25-26-28-29-31-34-37-40-43-46-52(55)58-49-50(48-57-51(54)45-42-39-36-33-18-15-12-9-6-3)59-53(56)47-44-41-38-35-32-30-27-24-22-20-17-14-11-8-5-2/h7,10,16-17,19-20,23-25,27-29,32,34-35,37,50H,4-6,8-9,11-15,18,21-22,26,30-31,33,36,38-49H2,1-3H3/b10-7-,19-16-,20-17-,25-23-,27-24-,29-28-,35-32-,37-34-/t50-/m1/s1. The van der Waals surface area contributed by atoms with E-state index in [1.165, 1.54) is 64.2 Å². The van der Waals surface area contributed by atoms with Crippen molar-refractivity contribution in [1.29, 1.82) is 0 Å². The third kappa shape index (κ3) is 45.3. The zero-order valence-corrected chi connectivity index (χ0v) is 38.0. The van der Waals surface area contributed by atoms with E-state index in [1.54, 1.807) is 0 Å². The first-order valence-electron chi connectivity index (χ1n) is 23.7. The number of hydrogen-bond donors (Lipinski definition) is 0. The van der Waals surface area contributed by atoms with Crippen LogP contribution in [0.4, 0.5) is 0 Å². The Kier molecular flexibility index (Phi) is 44.1. The minimum Gasteiger partial charge on any atom is -0.462 e. The molecule has 0 N–H and O–H groups in total. The molecule has 0 fully saturated rings. The van der Waals surface area contributed by atoms with Gasteiger partial charge in [0.05, 0.1) is 0 Å². The minimum atomic E-state index is -0.817. The van der Waals surface area contributed by atoms with E-state index in [1.807, 2.05) is 0 Å². The van der Waals surface area contributed by atoms with E-state index < -0.39 is 6.10 Å². The molecule has 0 aliphatic carbocycles. The van der Waals surface area contributed by atoms with Gasteiger partial charge in [0.1, 0.15) is 13.2 Å². The molecule has 0 saturated heterocycles. The second-order valence-corrected chi connectivity index (χ2v) is 15.3. The molecule has 0 spiro atoms. The Bertz CT molecular complexity index is 1220. The highest BCUT2D eigenvalue weighted by atomic mass is 16.6. The molecule has 0 rings (SSSR count). The van der Waals surface area contributed by atoms with Crippen molar-refractivity contribution in [3.8, 4) is 0 Å². The van der Waals surface area contributed by atoms with E-state index in [2.05, 4.69) is 118 Å². The normalized spacial score (nSPS) is 12.9. The fraction of sp³-hybridized carbons (Fsp3) is 0.642. The van der Waals surface area contributed by atoms with Gasteiger partial charge in [-0.25, -0.2) is 0 Å². The number of ether oxygens (including phenoxy) is 3. The van der Waals surface area contributed by atoms with Gasteiger partial charge < -0.3 is 14.2 Å². The summed E-state index contributed by atoms with van der Waals surface area (Å²) in [6.45, 7) is 6.37. The van der Waals surface area contributed by atoms with Crippen LogP contribution < -0.4 is 0 Å². The van der Waals surface area contributed by atoms with Gasteiger partial charge in [-0.05, 0) is 96.3 Å². The topological polar surface area (TPSA) is 78.9 Å². The molecule has 334 valence electrons. The first kappa shape index (κ1) is 55.3. The van der Waals surface area contributed by atoms with Gasteiger partial charge in [-0.1, -0.05) is 182 Å². The number of carbonyl (C=O) groups is 3. The fourth-order valence-electron chi connectivity index (χ4n) is 6.01. The van der Waals surface area contributed by atoms with Crippen molar-refractivity contribution in [2.75, 3.05) is 13.2 Å². The van der Waals surface area contributed by atoms with Crippen molar-refractivity contribution in [3.05, 3.63) is 97.2 Å². The lowest BCUT2D eigenvalue weighted by Crippen LogP contribution is -2.30. The monoisotopic (exact) mass is 819 g/mol. The predicted octanol–water partition coefficient (Wildman–Crippen LogP) is 15.4. The molecule has 59 heavy (non-hydrogen) atoms. The molecule has 0 heterocycles. The summed E-state index contributed by atoms with van der Waals surface area (Å²) in [6.07, 6.45) is 61.1. The summed E-state index contributed by atoms with van der Waals surface area (Å²) in [5, 5.41) is 0. The molecule has 0 unspecified atom stereocenters. The highest BCUT2D eigenvalue weighted by Crippen LogP contribution is 2.12. The van der Waals surface area contributed by atoms with Gasteiger partial charge in [-0.3, -0.25) is 14.4 Å². The molecule has 1 atom stereocenters. The lowest BCUT2D eigenvalue weighted by molar-refractivity contribution is -0.167. The van der Waals surface area contributed by atoms with Crippen LogP contribution >= 0.6 is 0 Å². The van der Waals surface area contributed by atoms with Crippen molar-refractivity contribution in [3.63, 3.8) is 0 Å². The number of hydrogen-bond acceptors (Lipinski definition) is 6. The van der Waals surface area contributed by atoms with E-state index in [-0.39, 0.29) is 44.0 Å². The van der Waals surface area contributed by atoms with Crippen LogP contribution in [-0.2, 0) is 28.6 Å². The second-order valence-electron chi connectivity index (χ2n) is 15.3. The third-order valence-corrected chi connectivity index (χ3v) is 9.57. The zero-order valence-electron chi connectivity index (χ0n) is 38.0. The van der Waals surface area contributed by atoms with Crippen molar-refractivity contribution in [2.24, 2.45) is 0 Å². The highest BCUT2D eigenvalue weighted by Gasteiger charge is 2.19. The number of unbranched alkanes of at least 4 members (excludes halogenated alkanes) is 14. The van der Waals surface area contributed by atoms with Gasteiger partial charge in [0, 0.05) is 19.3 Å². The Labute approximate surface area is 362 Å². The highest BCUT2D eigenvalue weighted by molar-refractivity contribution is 5.71. The molecule has 0 saturated carbocycles. The summed E-state index contributed by atoms with van der Waals surface area (Å²) in [4.78, 5) is 37.7. The second kappa shape index (κ2) is 47.0. The van der Waals surface area contributed by atoms with E-state index in [4.69, 9.17) is 14.2 Å². The summed E-state index contributed by atoms with van der Waals surface area (Å²) in [5.41, 5.74) is 0. The quantitative estimate of drug-likeness (QED) is 0.0265. The average Bonchev–Trinajstić information content (AvgIpc) is 3.23. The first-order valence-corrected chi connectivity index (χ1v) is 23.7. The van der Waals surface area contributed by atoms with Crippen LogP contribution in [0.15, 0.2) is 97.2 Å². The van der Waals surface area contributed by atoms with Crippen molar-refractivity contribution >= 4 is 17.9 Å². The van der Waals surface area contributed by atoms with E-state index in [0.29, 0.717) is 19.3 Å². The Balaban J connectivity index is 4.53. The summed E-state index contributed by atoms with van der Waals surface area (Å²) < 4.78 is 16.6. The molecule has 0 aromatic rings. The molecule has 0 radical (unpaired) electrons. The molecular weight excluding hydrogens is 733 g/mol. The van der Waals surface area contributed by atoms with Gasteiger partial charge in [-0.2, -0.15) is 0 Å². The molecule has 0 aromatic carbocycles. The Morgan fingerprint density at radius 1 is 0.356 bits per heavy atom. The van der Waals surface area contributed by atoms with Crippen LogP contribution in [0.25, 0.3) is 0 Å². The van der Waals surface area contributed by atoms with Crippen LogP contribution in [0.5, 0.6) is 0 Å². The third-order valence-electron chi connectivity index (χ3n) is 9.57. The van der Waals surface area contributed by atoms with Gasteiger partial charge in [0.15, 0.2) is 6.10 Å². The maximum Gasteiger partial charge on any atom is 0.306 e. The molecule has 0 aromatic heterocycles. The van der Waals surface area contributed by atoms with Crippen LogP contribution in [0.2, 0.25) is 0 Å². The maximum atomic E-state index is 12.7. The first-order chi connectivity index (χ1) is 29.0. The fourth-order valence-corrected chi connectivity index (χ4v) is 6.01. The van der Waals surface area contributed by atoms with E-state index in [0.717, 1.165) is 83.5 Å². The van der Waals surface area contributed by atoms with E-state index in [9.17, 15) is 14.4 Å². The van der Waals surface area contributed by atoms with Gasteiger partial charge in [-0.15, -0.1) is 0 Å². The zero-order chi connectivity index (χ0) is 43.0. The number of allylic oxidation sites excluding steroid dienone is 16. The average molecular weight is 819 g/mol. The van der Waals surface area contributed by atoms with Gasteiger partial charge in [0.2, 0.25) is 0 Å². The molecule has 0 amide bonds. The molecule has 6 nitrogen and oxygen atoms in total. The summed E-state index contributed by atoms with van der Waals surface area (Å²) in [7, 11) is 0. The SMILES string of the molecule is CC/C=C\C/C=C\C/C=C\C/C=C\C/C=C\CCCC(=O)OC[C@@H](COC(=O)CCCCCCCCCCC)OC(=O)CCCC/C=C\C/C=C\C/C=C\CCCCC.